The minimum atomic E-state index is -0.772. The molecule has 0 unspecified atom stereocenters. The van der Waals surface area contributed by atoms with Gasteiger partial charge in [0.15, 0.2) is 0 Å². The number of nitrogens with one attached hydrogen (secondary N) is 1. The molecule has 0 bridgehead atoms. The molecule has 21 heavy (non-hydrogen) atoms. The average Bonchev–Trinajstić information content (AvgIpc) is 2.93. The molecular formula is C17H21NO3. The van der Waals surface area contributed by atoms with Crippen molar-refractivity contribution in [2.45, 2.75) is 44.1 Å². The summed E-state index contributed by atoms with van der Waals surface area (Å²) >= 11 is 0. The van der Waals surface area contributed by atoms with Gasteiger partial charge in [-0.25, -0.2) is 0 Å². The van der Waals surface area contributed by atoms with Gasteiger partial charge in [0.2, 0.25) is 5.91 Å². The van der Waals surface area contributed by atoms with Crippen LogP contribution >= 0.6 is 0 Å². The number of hydrogen-bond acceptors (Lipinski definition) is 2. The van der Waals surface area contributed by atoms with Gasteiger partial charge in [-0.1, -0.05) is 30.3 Å². The summed E-state index contributed by atoms with van der Waals surface area (Å²) in [7, 11) is 0. The van der Waals surface area contributed by atoms with E-state index in [0.29, 0.717) is 19.3 Å². The first-order valence-electron chi connectivity index (χ1n) is 7.71. The molecule has 2 atom stereocenters. The van der Waals surface area contributed by atoms with Crippen LogP contribution in [0.15, 0.2) is 30.3 Å². The molecule has 1 aromatic carbocycles. The minimum absolute atomic E-state index is 0.0299. The maximum atomic E-state index is 12.5. The molecule has 2 fully saturated rings. The molecule has 1 amide bonds. The second-order valence-corrected chi connectivity index (χ2v) is 6.34. The Labute approximate surface area is 124 Å². The van der Waals surface area contributed by atoms with Gasteiger partial charge in [-0.3, -0.25) is 9.59 Å². The molecule has 0 spiro atoms. The standard InChI is InChI=1S/C17H21NO3/c19-15(12-7-8-13(11-12)16(20)21)18-17(9-4-10-17)14-5-2-1-3-6-14/h1-3,5-6,12-13H,4,7-11H2,(H,18,19)(H,20,21)/t12-,13+/m0/s1. The molecule has 0 saturated heterocycles. The van der Waals surface area contributed by atoms with E-state index in [9.17, 15) is 9.59 Å². The second-order valence-electron chi connectivity index (χ2n) is 6.34. The SMILES string of the molecule is O=C(O)[C@@H]1CC[C@H](C(=O)NC2(c3ccccc3)CCC2)C1. The Morgan fingerprint density at radius 2 is 1.76 bits per heavy atom. The first-order chi connectivity index (χ1) is 10.1. The smallest absolute Gasteiger partial charge is 0.306 e. The van der Waals surface area contributed by atoms with Crippen molar-refractivity contribution < 1.29 is 14.7 Å². The molecule has 0 heterocycles. The molecule has 1 aromatic rings. The van der Waals surface area contributed by atoms with E-state index in [0.717, 1.165) is 24.8 Å². The Hall–Kier alpha value is -1.84. The third kappa shape index (κ3) is 2.67. The van der Waals surface area contributed by atoms with E-state index in [-0.39, 0.29) is 23.3 Å². The first kappa shape index (κ1) is 14.1. The van der Waals surface area contributed by atoms with Crippen molar-refractivity contribution in [3.63, 3.8) is 0 Å². The lowest BCUT2D eigenvalue weighted by atomic mass is 9.71. The number of hydrogen-bond donors (Lipinski definition) is 2. The fourth-order valence-electron chi connectivity index (χ4n) is 3.56. The van der Waals surface area contributed by atoms with Crippen LogP contribution in [0.1, 0.15) is 44.1 Å². The van der Waals surface area contributed by atoms with E-state index in [1.807, 2.05) is 18.2 Å². The van der Waals surface area contributed by atoms with Crippen LogP contribution < -0.4 is 5.32 Å². The van der Waals surface area contributed by atoms with Crippen molar-refractivity contribution in [2.24, 2.45) is 11.8 Å². The van der Waals surface area contributed by atoms with E-state index in [4.69, 9.17) is 5.11 Å². The fraction of sp³-hybridized carbons (Fsp3) is 0.529. The van der Waals surface area contributed by atoms with E-state index in [1.54, 1.807) is 0 Å². The normalized spacial score (nSPS) is 26.9. The molecule has 112 valence electrons. The lowest BCUT2D eigenvalue weighted by Crippen LogP contribution is -2.52. The van der Waals surface area contributed by atoms with Gasteiger partial charge < -0.3 is 10.4 Å². The van der Waals surface area contributed by atoms with Crippen LogP contribution in [0.3, 0.4) is 0 Å². The van der Waals surface area contributed by atoms with Crippen LogP contribution in [0.4, 0.5) is 0 Å². The number of rotatable bonds is 4. The Bertz CT molecular complexity index is 536. The zero-order valence-corrected chi connectivity index (χ0v) is 12.0. The zero-order chi connectivity index (χ0) is 14.9. The number of carbonyl (C=O) groups excluding carboxylic acids is 1. The molecule has 4 nitrogen and oxygen atoms in total. The Morgan fingerprint density at radius 3 is 2.29 bits per heavy atom. The highest BCUT2D eigenvalue weighted by molar-refractivity contribution is 5.81. The molecular weight excluding hydrogens is 266 g/mol. The predicted octanol–water partition coefficient (Wildman–Crippen LogP) is 2.68. The fourth-order valence-corrected chi connectivity index (χ4v) is 3.56. The van der Waals surface area contributed by atoms with Gasteiger partial charge in [0.1, 0.15) is 0 Å². The van der Waals surface area contributed by atoms with E-state index in [1.165, 1.54) is 0 Å². The Kier molecular flexibility index (Phi) is 3.70. The van der Waals surface area contributed by atoms with Gasteiger partial charge in [0.25, 0.3) is 0 Å². The van der Waals surface area contributed by atoms with E-state index in [2.05, 4.69) is 17.4 Å². The van der Waals surface area contributed by atoms with Crippen LogP contribution in [-0.2, 0) is 15.1 Å². The summed E-state index contributed by atoms with van der Waals surface area (Å²) in [6.07, 6.45) is 4.85. The van der Waals surface area contributed by atoms with Crippen LogP contribution in [0, 0.1) is 11.8 Å². The summed E-state index contributed by atoms with van der Waals surface area (Å²) in [4.78, 5) is 23.5. The van der Waals surface area contributed by atoms with Gasteiger partial charge in [-0.2, -0.15) is 0 Å². The number of amides is 1. The first-order valence-corrected chi connectivity index (χ1v) is 7.71. The highest BCUT2D eigenvalue weighted by atomic mass is 16.4. The van der Waals surface area contributed by atoms with Crippen molar-refractivity contribution in [1.82, 2.24) is 5.32 Å². The van der Waals surface area contributed by atoms with E-state index >= 15 is 0 Å². The molecule has 2 aliphatic carbocycles. The highest BCUT2D eigenvalue weighted by Crippen LogP contribution is 2.42. The summed E-state index contributed by atoms with van der Waals surface area (Å²) < 4.78 is 0. The van der Waals surface area contributed by atoms with Crippen molar-refractivity contribution in [3.8, 4) is 0 Å². The van der Waals surface area contributed by atoms with Crippen molar-refractivity contribution >= 4 is 11.9 Å². The van der Waals surface area contributed by atoms with Gasteiger partial charge in [-0.05, 0) is 44.1 Å². The third-order valence-electron chi connectivity index (χ3n) is 5.05. The number of carboxylic acid groups (broad SMARTS) is 1. The second kappa shape index (κ2) is 5.51. The van der Waals surface area contributed by atoms with E-state index < -0.39 is 5.97 Å². The lowest BCUT2D eigenvalue weighted by molar-refractivity contribution is -0.141. The Balaban J connectivity index is 1.68. The molecule has 4 heteroatoms. The summed E-state index contributed by atoms with van der Waals surface area (Å²) in [5.74, 6) is -1.24. The molecule has 0 radical (unpaired) electrons. The topological polar surface area (TPSA) is 66.4 Å². The highest BCUT2D eigenvalue weighted by Gasteiger charge is 2.42. The van der Waals surface area contributed by atoms with Gasteiger partial charge in [-0.15, -0.1) is 0 Å². The molecule has 0 aliphatic heterocycles. The maximum absolute atomic E-state index is 12.5. The van der Waals surface area contributed by atoms with Crippen LogP contribution in [0.5, 0.6) is 0 Å². The lowest BCUT2D eigenvalue weighted by Gasteiger charge is -2.43. The van der Waals surface area contributed by atoms with Gasteiger partial charge in [0.05, 0.1) is 11.5 Å². The summed E-state index contributed by atoms with van der Waals surface area (Å²) in [6.45, 7) is 0. The van der Waals surface area contributed by atoms with Gasteiger partial charge in [0, 0.05) is 5.92 Å². The summed E-state index contributed by atoms with van der Waals surface area (Å²) in [6, 6.07) is 10.1. The number of carbonyl (C=O) groups is 2. The largest absolute Gasteiger partial charge is 0.481 e. The molecule has 2 saturated carbocycles. The molecule has 2 N–H and O–H groups in total. The molecule has 0 aromatic heterocycles. The maximum Gasteiger partial charge on any atom is 0.306 e. The minimum Gasteiger partial charge on any atom is -0.481 e. The average molecular weight is 287 g/mol. The number of carboxylic acids is 1. The molecule has 2 aliphatic rings. The number of benzene rings is 1. The summed E-state index contributed by atoms with van der Waals surface area (Å²) in [5.41, 5.74) is 0.942. The van der Waals surface area contributed by atoms with Crippen LogP contribution in [0.25, 0.3) is 0 Å². The van der Waals surface area contributed by atoms with Crippen molar-refractivity contribution in [3.05, 3.63) is 35.9 Å². The predicted molar refractivity (Wildman–Crippen MR) is 78.6 cm³/mol. The number of aliphatic carboxylic acids is 1. The van der Waals surface area contributed by atoms with Crippen molar-refractivity contribution in [2.75, 3.05) is 0 Å². The quantitative estimate of drug-likeness (QED) is 0.894. The summed E-state index contributed by atoms with van der Waals surface area (Å²) in [5, 5.41) is 12.3. The van der Waals surface area contributed by atoms with Crippen LogP contribution in [-0.4, -0.2) is 17.0 Å². The van der Waals surface area contributed by atoms with Crippen LogP contribution in [0.2, 0.25) is 0 Å². The molecule has 3 rings (SSSR count). The van der Waals surface area contributed by atoms with Crippen molar-refractivity contribution in [1.29, 1.82) is 0 Å². The third-order valence-corrected chi connectivity index (χ3v) is 5.05. The van der Waals surface area contributed by atoms with Gasteiger partial charge >= 0.3 is 5.97 Å². The monoisotopic (exact) mass is 287 g/mol. The zero-order valence-electron chi connectivity index (χ0n) is 12.0. The Morgan fingerprint density at radius 1 is 1.10 bits per heavy atom.